The first-order chi connectivity index (χ1) is 14.4. The van der Waals surface area contributed by atoms with Gasteiger partial charge >= 0.3 is 0 Å². The van der Waals surface area contributed by atoms with E-state index in [2.05, 4.69) is 38.6 Å². The van der Waals surface area contributed by atoms with Crippen molar-refractivity contribution in [3.8, 4) is 0 Å². The van der Waals surface area contributed by atoms with Crippen LogP contribution in [0.5, 0.6) is 0 Å². The molecule has 9 heteroatoms. The molecule has 8 nitrogen and oxygen atoms in total. The molecular formula is C21H28N6O2S. The van der Waals surface area contributed by atoms with Gasteiger partial charge in [-0.3, -0.25) is 10.1 Å². The molecule has 0 atom stereocenters. The van der Waals surface area contributed by atoms with Crippen LogP contribution in [0.25, 0.3) is 0 Å². The van der Waals surface area contributed by atoms with E-state index in [-0.39, 0.29) is 11.9 Å². The van der Waals surface area contributed by atoms with Gasteiger partial charge in [-0.05, 0) is 44.8 Å². The number of furan rings is 1. The summed E-state index contributed by atoms with van der Waals surface area (Å²) in [5.41, 5.74) is 1.76. The zero-order valence-corrected chi connectivity index (χ0v) is 18.6. The number of anilines is 2. The second kappa shape index (κ2) is 10.3. The van der Waals surface area contributed by atoms with Crippen molar-refractivity contribution < 1.29 is 9.21 Å². The SMILES string of the molecule is Cc1cc(CSCCNc2nc(NC(=O)c3ccccc3)nn2C)oc1CN(C)C. The third-order valence-corrected chi connectivity index (χ3v) is 5.31. The van der Waals surface area contributed by atoms with E-state index in [1.807, 2.05) is 32.3 Å². The molecule has 3 aromatic rings. The Labute approximate surface area is 181 Å². The Morgan fingerprint density at radius 3 is 2.77 bits per heavy atom. The normalized spacial score (nSPS) is 11.1. The average molecular weight is 429 g/mol. The molecule has 2 heterocycles. The third-order valence-electron chi connectivity index (χ3n) is 4.33. The van der Waals surface area contributed by atoms with Crippen molar-refractivity contribution in [1.29, 1.82) is 0 Å². The van der Waals surface area contributed by atoms with Crippen LogP contribution in [0.3, 0.4) is 0 Å². The maximum absolute atomic E-state index is 12.2. The highest BCUT2D eigenvalue weighted by Gasteiger charge is 2.12. The summed E-state index contributed by atoms with van der Waals surface area (Å²) < 4.78 is 7.56. The highest BCUT2D eigenvalue weighted by molar-refractivity contribution is 7.98. The number of benzene rings is 1. The zero-order chi connectivity index (χ0) is 21.5. The Bertz CT molecular complexity index is 967. The molecule has 3 rings (SSSR count). The second-order valence-electron chi connectivity index (χ2n) is 7.24. The molecule has 0 unspecified atom stereocenters. The molecule has 0 fully saturated rings. The maximum atomic E-state index is 12.2. The number of carbonyl (C=O) groups is 1. The fraction of sp³-hybridized carbons (Fsp3) is 0.381. The molecule has 30 heavy (non-hydrogen) atoms. The van der Waals surface area contributed by atoms with Gasteiger partial charge in [0.1, 0.15) is 11.5 Å². The molecule has 0 radical (unpaired) electrons. The van der Waals surface area contributed by atoms with Gasteiger partial charge in [0.25, 0.3) is 11.9 Å². The number of hydrogen-bond acceptors (Lipinski definition) is 7. The highest BCUT2D eigenvalue weighted by atomic mass is 32.2. The quantitative estimate of drug-likeness (QED) is 0.479. The zero-order valence-electron chi connectivity index (χ0n) is 17.8. The predicted octanol–water partition coefficient (Wildman–Crippen LogP) is 3.38. The summed E-state index contributed by atoms with van der Waals surface area (Å²) in [5.74, 6) is 4.40. The van der Waals surface area contributed by atoms with Crippen LogP contribution in [0.2, 0.25) is 0 Å². The van der Waals surface area contributed by atoms with E-state index in [1.54, 1.807) is 35.6 Å². The van der Waals surface area contributed by atoms with Crippen LogP contribution in [0, 0.1) is 6.92 Å². The van der Waals surface area contributed by atoms with E-state index in [4.69, 9.17) is 4.42 Å². The molecule has 2 N–H and O–H groups in total. The molecule has 2 aromatic heterocycles. The van der Waals surface area contributed by atoms with Gasteiger partial charge in [0.15, 0.2) is 0 Å². The smallest absolute Gasteiger partial charge is 0.258 e. The monoisotopic (exact) mass is 428 g/mol. The minimum Gasteiger partial charge on any atom is -0.464 e. The molecule has 0 aliphatic rings. The summed E-state index contributed by atoms with van der Waals surface area (Å²) in [6.07, 6.45) is 0. The number of carbonyl (C=O) groups excluding carboxylic acids is 1. The van der Waals surface area contributed by atoms with E-state index in [9.17, 15) is 4.79 Å². The average Bonchev–Trinajstić information content (AvgIpc) is 3.23. The van der Waals surface area contributed by atoms with Crippen molar-refractivity contribution in [3.63, 3.8) is 0 Å². The Morgan fingerprint density at radius 1 is 1.27 bits per heavy atom. The summed E-state index contributed by atoms with van der Waals surface area (Å²) in [4.78, 5) is 18.7. The lowest BCUT2D eigenvalue weighted by Crippen LogP contribution is -2.13. The lowest BCUT2D eigenvalue weighted by Gasteiger charge is -2.07. The number of nitrogens with one attached hydrogen (secondary N) is 2. The van der Waals surface area contributed by atoms with Gasteiger partial charge < -0.3 is 14.6 Å². The van der Waals surface area contributed by atoms with Crippen molar-refractivity contribution >= 4 is 29.6 Å². The fourth-order valence-electron chi connectivity index (χ4n) is 2.87. The van der Waals surface area contributed by atoms with Crippen LogP contribution in [-0.2, 0) is 19.3 Å². The van der Waals surface area contributed by atoms with Crippen LogP contribution in [-0.4, -0.2) is 52.0 Å². The lowest BCUT2D eigenvalue weighted by atomic mass is 10.2. The first-order valence-electron chi connectivity index (χ1n) is 9.74. The molecule has 0 spiro atoms. The van der Waals surface area contributed by atoms with Crippen molar-refractivity contribution in [1.82, 2.24) is 19.7 Å². The minimum atomic E-state index is -0.231. The number of nitrogens with zero attached hydrogens (tertiary/aromatic N) is 4. The van der Waals surface area contributed by atoms with Crippen LogP contribution in [0.1, 0.15) is 27.4 Å². The number of amides is 1. The highest BCUT2D eigenvalue weighted by Crippen LogP contribution is 2.20. The largest absolute Gasteiger partial charge is 0.464 e. The second-order valence-corrected chi connectivity index (χ2v) is 8.34. The van der Waals surface area contributed by atoms with Crippen molar-refractivity contribution in [2.75, 3.05) is 37.0 Å². The van der Waals surface area contributed by atoms with Crippen LogP contribution in [0.15, 0.2) is 40.8 Å². The molecule has 1 amide bonds. The molecule has 0 bridgehead atoms. The standard InChI is InChI=1S/C21H28N6O2S/c1-15-12-17(29-18(15)13-26(2)3)14-30-11-10-22-21-24-20(25-27(21)4)23-19(28)16-8-6-5-7-9-16/h5-9,12H,10-11,13-14H2,1-4H3,(H2,22,23,24,25,28). The minimum absolute atomic E-state index is 0.231. The lowest BCUT2D eigenvalue weighted by molar-refractivity contribution is 0.102. The molecular weight excluding hydrogens is 400 g/mol. The van der Waals surface area contributed by atoms with Gasteiger partial charge in [-0.15, -0.1) is 5.10 Å². The maximum Gasteiger partial charge on any atom is 0.258 e. The van der Waals surface area contributed by atoms with Crippen molar-refractivity contribution in [2.24, 2.45) is 7.05 Å². The van der Waals surface area contributed by atoms with E-state index in [1.165, 1.54) is 5.56 Å². The summed E-state index contributed by atoms with van der Waals surface area (Å²) in [6.45, 7) is 3.63. The summed E-state index contributed by atoms with van der Waals surface area (Å²) in [7, 11) is 5.86. The number of rotatable bonds is 10. The van der Waals surface area contributed by atoms with Gasteiger partial charge in [0.05, 0.1) is 12.3 Å². The first-order valence-corrected chi connectivity index (χ1v) is 10.9. The molecule has 0 aliphatic carbocycles. The number of thioether (sulfide) groups is 1. The van der Waals surface area contributed by atoms with E-state index >= 15 is 0 Å². The Hall–Kier alpha value is -2.78. The third kappa shape index (κ3) is 6.11. The van der Waals surface area contributed by atoms with Gasteiger partial charge in [0, 0.05) is 24.9 Å². The number of aromatic nitrogens is 3. The predicted molar refractivity (Wildman–Crippen MR) is 121 cm³/mol. The number of aryl methyl sites for hydroxylation is 2. The molecule has 160 valence electrons. The van der Waals surface area contributed by atoms with E-state index < -0.39 is 0 Å². The van der Waals surface area contributed by atoms with Gasteiger partial charge in [-0.1, -0.05) is 18.2 Å². The van der Waals surface area contributed by atoms with Crippen LogP contribution >= 0.6 is 11.8 Å². The van der Waals surface area contributed by atoms with E-state index in [0.29, 0.717) is 11.5 Å². The summed E-state index contributed by atoms with van der Waals surface area (Å²) >= 11 is 1.79. The van der Waals surface area contributed by atoms with Crippen LogP contribution < -0.4 is 10.6 Å². The summed E-state index contributed by atoms with van der Waals surface area (Å²) in [6, 6.07) is 11.1. The number of hydrogen-bond donors (Lipinski definition) is 2. The van der Waals surface area contributed by atoms with Gasteiger partial charge in [-0.2, -0.15) is 16.7 Å². The van der Waals surface area contributed by atoms with Crippen LogP contribution in [0.4, 0.5) is 11.9 Å². The fourth-order valence-corrected chi connectivity index (χ4v) is 3.60. The Balaban J connectivity index is 1.43. The van der Waals surface area contributed by atoms with E-state index in [0.717, 1.165) is 36.1 Å². The van der Waals surface area contributed by atoms with Crippen molar-refractivity contribution in [2.45, 2.75) is 19.2 Å². The molecule has 0 saturated heterocycles. The first kappa shape index (κ1) is 21.9. The molecule has 0 aliphatic heterocycles. The Kier molecular flexibility index (Phi) is 7.53. The topological polar surface area (TPSA) is 88.2 Å². The van der Waals surface area contributed by atoms with Gasteiger partial charge in [0.2, 0.25) is 5.95 Å². The molecule has 0 saturated carbocycles. The van der Waals surface area contributed by atoms with Crippen molar-refractivity contribution in [3.05, 3.63) is 59.0 Å². The molecule has 1 aromatic carbocycles. The van der Waals surface area contributed by atoms with Gasteiger partial charge in [-0.25, -0.2) is 4.68 Å². The Morgan fingerprint density at radius 2 is 2.03 bits per heavy atom. The summed E-state index contributed by atoms with van der Waals surface area (Å²) in [5, 5.41) is 10.2.